The van der Waals surface area contributed by atoms with Crippen LogP contribution < -0.4 is 10.5 Å². The van der Waals surface area contributed by atoms with Gasteiger partial charge in [0.05, 0.1) is 4.90 Å². The summed E-state index contributed by atoms with van der Waals surface area (Å²) < 4.78 is 26.4. The summed E-state index contributed by atoms with van der Waals surface area (Å²) in [4.78, 5) is 7.83. The lowest BCUT2D eigenvalue weighted by Crippen LogP contribution is -2.15. The van der Waals surface area contributed by atoms with Crippen LogP contribution in [-0.4, -0.2) is 18.4 Å². The highest BCUT2D eigenvalue weighted by molar-refractivity contribution is 7.92. The zero-order valence-corrected chi connectivity index (χ0v) is 11.5. The van der Waals surface area contributed by atoms with E-state index in [1.54, 1.807) is 6.92 Å². The number of nitrogens with zero attached hydrogens (tertiary/aromatic N) is 2. The van der Waals surface area contributed by atoms with E-state index in [9.17, 15) is 8.42 Å². The fourth-order valence-electron chi connectivity index (χ4n) is 1.40. The van der Waals surface area contributed by atoms with Crippen molar-refractivity contribution >= 4 is 33.3 Å². The van der Waals surface area contributed by atoms with Crippen LogP contribution >= 0.6 is 11.6 Å². The van der Waals surface area contributed by atoms with Crippen molar-refractivity contribution in [2.45, 2.75) is 11.8 Å². The summed E-state index contributed by atoms with van der Waals surface area (Å²) in [6.45, 7) is 1.69. The predicted molar refractivity (Wildman–Crippen MR) is 73.4 cm³/mol. The Morgan fingerprint density at radius 3 is 2.42 bits per heavy atom. The Morgan fingerprint density at radius 1 is 1.21 bits per heavy atom. The third-order valence-corrected chi connectivity index (χ3v) is 3.78. The summed E-state index contributed by atoms with van der Waals surface area (Å²) in [6.07, 6.45) is 0. The van der Waals surface area contributed by atoms with Crippen LogP contribution in [0.4, 0.5) is 11.6 Å². The molecule has 0 aliphatic rings. The first-order chi connectivity index (χ1) is 8.87. The maximum absolute atomic E-state index is 12.1. The van der Waals surface area contributed by atoms with Crippen LogP contribution in [0.1, 0.15) is 5.69 Å². The van der Waals surface area contributed by atoms with Crippen LogP contribution in [0.5, 0.6) is 0 Å². The molecule has 0 fully saturated rings. The van der Waals surface area contributed by atoms with E-state index in [4.69, 9.17) is 17.3 Å². The molecule has 0 aliphatic heterocycles. The average Bonchev–Trinajstić information content (AvgIpc) is 2.27. The van der Waals surface area contributed by atoms with Gasteiger partial charge in [-0.15, -0.1) is 0 Å². The van der Waals surface area contributed by atoms with E-state index < -0.39 is 10.0 Å². The molecule has 2 aromatic rings. The largest absolute Gasteiger partial charge is 0.399 e. The minimum atomic E-state index is -3.75. The smallest absolute Gasteiger partial charge is 0.264 e. The molecule has 0 atom stereocenters. The Bertz CT molecular complexity index is 681. The van der Waals surface area contributed by atoms with Crippen molar-refractivity contribution in [3.63, 3.8) is 0 Å². The number of hydrogen-bond donors (Lipinski definition) is 2. The fraction of sp³-hybridized carbons (Fsp3) is 0.0909. The van der Waals surface area contributed by atoms with Crippen LogP contribution in [0.15, 0.2) is 35.2 Å². The first kappa shape index (κ1) is 13.6. The molecule has 6 nitrogen and oxygen atoms in total. The third kappa shape index (κ3) is 3.33. The van der Waals surface area contributed by atoms with Gasteiger partial charge >= 0.3 is 0 Å². The van der Waals surface area contributed by atoms with E-state index in [1.165, 1.54) is 30.3 Å². The second-order valence-corrected chi connectivity index (χ2v) is 5.90. The Kier molecular flexibility index (Phi) is 3.59. The Morgan fingerprint density at radius 2 is 1.84 bits per heavy atom. The van der Waals surface area contributed by atoms with Crippen molar-refractivity contribution < 1.29 is 8.42 Å². The number of anilines is 2. The van der Waals surface area contributed by atoms with E-state index in [-0.39, 0.29) is 16.0 Å². The van der Waals surface area contributed by atoms with Crippen molar-refractivity contribution in [2.24, 2.45) is 0 Å². The minimum Gasteiger partial charge on any atom is -0.399 e. The molecule has 8 heteroatoms. The van der Waals surface area contributed by atoms with Crippen LogP contribution in [0.3, 0.4) is 0 Å². The highest BCUT2D eigenvalue weighted by Crippen LogP contribution is 2.16. The highest BCUT2D eigenvalue weighted by Gasteiger charge is 2.15. The van der Waals surface area contributed by atoms with Crippen LogP contribution in [0.2, 0.25) is 5.15 Å². The summed E-state index contributed by atoms with van der Waals surface area (Å²) in [5.74, 6) is -0.0678. The maximum Gasteiger partial charge on any atom is 0.264 e. The normalized spacial score (nSPS) is 11.3. The standard InChI is InChI=1S/C11H11ClN4O2S/c1-7-6-10(12)15-11(14-7)16-19(17,18)9-4-2-8(13)3-5-9/h2-6H,13H2,1H3,(H,14,15,16). The van der Waals surface area contributed by atoms with Crippen LogP contribution in [0.25, 0.3) is 0 Å². The van der Waals surface area contributed by atoms with Crippen molar-refractivity contribution in [3.05, 3.63) is 41.2 Å². The Hall–Kier alpha value is -1.86. The number of aryl methyl sites for hydroxylation is 1. The van der Waals surface area contributed by atoms with Gasteiger partial charge in [0.15, 0.2) is 0 Å². The van der Waals surface area contributed by atoms with Crippen molar-refractivity contribution in [1.82, 2.24) is 9.97 Å². The Balaban J connectivity index is 2.33. The van der Waals surface area contributed by atoms with Gasteiger partial charge in [-0.1, -0.05) is 11.6 Å². The first-order valence-electron chi connectivity index (χ1n) is 5.26. The van der Waals surface area contributed by atoms with Crippen LogP contribution in [-0.2, 0) is 10.0 Å². The molecule has 1 heterocycles. The lowest BCUT2D eigenvalue weighted by atomic mass is 10.3. The first-order valence-corrected chi connectivity index (χ1v) is 7.12. The number of sulfonamides is 1. The molecule has 0 aliphatic carbocycles. The van der Waals surface area contributed by atoms with Gasteiger partial charge in [0.1, 0.15) is 5.15 Å². The molecule has 3 N–H and O–H groups in total. The second-order valence-electron chi connectivity index (χ2n) is 3.83. The van der Waals surface area contributed by atoms with Gasteiger partial charge in [-0.05, 0) is 37.3 Å². The average molecular weight is 299 g/mol. The quantitative estimate of drug-likeness (QED) is 0.665. The van der Waals surface area contributed by atoms with Gasteiger partial charge in [-0.3, -0.25) is 0 Å². The Labute approximate surface area is 115 Å². The van der Waals surface area contributed by atoms with Crippen molar-refractivity contribution in [2.75, 3.05) is 10.5 Å². The van der Waals surface area contributed by atoms with Gasteiger partial charge in [-0.2, -0.15) is 0 Å². The molecule has 0 amide bonds. The van der Waals surface area contributed by atoms with Gasteiger partial charge < -0.3 is 5.73 Å². The molecular weight excluding hydrogens is 288 g/mol. The third-order valence-electron chi connectivity index (χ3n) is 2.24. The molecular formula is C11H11ClN4O2S. The van der Waals surface area contributed by atoms with Gasteiger partial charge in [0.2, 0.25) is 5.95 Å². The van der Waals surface area contributed by atoms with Crippen molar-refractivity contribution in [3.8, 4) is 0 Å². The molecule has 0 saturated heterocycles. The van der Waals surface area contributed by atoms with E-state index in [1.807, 2.05) is 0 Å². The maximum atomic E-state index is 12.1. The number of nitrogens with one attached hydrogen (secondary N) is 1. The molecule has 1 aromatic carbocycles. The summed E-state index contributed by atoms with van der Waals surface area (Å²) in [7, 11) is -3.75. The van der Waals surface area contributed by atoms with Crippen molar-refractivity contribution in [1.29, 1.82) is 0 Å². The molecule has 0 saturated carbocycles. The molecule has 19 heavy (non-hydrogen) atoms. The molecule has 0 unspecified atom stereocenters. The summed E-state index contributed by atoms with van der Waals surface area (Å²) in [6, 6.07) is 7.32. The fourth-order valence-corrected chi connectivity index (χ4v) is 2.58. The number of nitrogen functional groups attached to an aromatic ring is 1. The second kappa shape index (κ2) is 5.02. The summed E-state index contributed by atoms with van der Waals surface area (Å²) in [5, 5.41) is 0.169. The molecule has 2 rings (SSSR count). The lowest BCUT2D eigenvalue weighted by Gasteiger charge is -2.07. The topological polar surface area (TPSA) is 98.0 Å². The van der Waals surface area contributed by atoms with Gasteiger partial charge in [0.25, 0.3) is 10.0 Å². The molecule has 0 radical (unpaired) electrons. The minimum absolute atomic E-state index is 0.0678. The number of hydrogen-bond acceptors (Lipinski definition) is 5. The van der Waals surface area contributed by atoms with E-state index in [0.717, 1.165) is 0 Å². The van der Waals surface area contributed by atoms with Gasteiger partial charge in [-0.25, -0.2) is 23.1 Å². The monoisotopic (exact) mass is 298 g/mol. The number of benzene rings is 1. The number of nitrogens with two attached hydrogens (primary N) is 1. The predicted octanol–water partition coefficient (Wildman–Crippen LogP) is 1.82. The van der Waals surface area contributed by atoms with E-state index in [0.29, 0.717) is 11.4 Å². The highest BCUT2D eigenvalue weighted by atomic mass is 35.5. The number of aromatic nitrogens is 2. The lowest BCUT2D eigenvalue weighted by molar-refractivity contribution is 0.601. The van der Waals surface area contributed by atoms with E-state index in [2.05, 4.69) is 14.7 Å². The molecule has 0 spiro atoms. The SMILES string of the molecule is Cc1cc(Cl)nc(NS(=O)(=O)c2ccc(N)cc2)n1. The summed E-state index contributed by atoms with van der Waals surface area (Å²) in [5.41, 5.74) is 6.55. The number of halogens is 1. The molecule has 100 valence electrons. The van der Waals surface area contributed by atoms with Gasteiger partial charge in [0, 0.05) is 11.4 Å². The van der Waals surface area contributed by atoms with Crippen LogP contribution in [0, 0.1) is 6.92 Å². The zero-order chi connectivity index (χ0) is 14.0. The number of rotatable bonds is 3. The molecule has 1 aromatic heterocycles. The molecule has 0 bridgehead atoms. The zero-order valence-electron chi connectivity index (χ0n) is 9.96. The van der Waals surface area contributed by atoms with E-state index >= 15 is 0 Å². The summed E-state index contributed by atoms with van der Waals surface area (Å²) >= 11 is 5.74.